The molecular formula is C17H21N5O2. The van der Waals surface area contributed by atoms with Crippen LogP contribution in [0.1, 0.15) is 6.42 Å². The van der Waals surface area contributed by atoms with Gasteiger partial charge in [0.05, 0.1) is 18.9 Å². The first kappa shape index (κ1) is 16.0. The van der Waals surface area contributed by atoms with Gasteiger partial charge in [-0.2, -0.15) is 4.98 Å². The first-order chi connectivity index (χ1) is 11.6. The fraction of sp³-hybridized carbons (Fsp3) is 0.353. The molecule has 0 saturated carbocycles. The molecule has 7 nitrogen and oxygen atoms in total. The van der Waals surface area contributed by atoms with Gasteiger partial charge in [0.1, 0.15) is 6.10 Å². The molecule has 1 aromatic carbocycles. The van der Waals surface area contributed by atoms with Crippen LogP contribution in [-0.4, -0.2) is 54.2 Å². The third-order valence-corrected chi connectivity index (χ3v) is 3.80. The van der Waals surface area contributed by atoms with Crippen molar-refractivity contribution in [3.63, 3.8) is 0 Å². The number of anilines is 2. The minimum Gasteiger partial charge on any atom is -0.471 e. The van der Waals surface area contributed by atoms with Gasteiger partial charge in [-0.05, 0) is 12.1 Å². The van der Waals surface area contributed by atoms with Crippen LogP contribution in [0, 0.1) is 0 Å². The van der Waals surface area contributed by atoms with Crippen LogP contribution >= 0.6 is 0 Å². The van der Waals surface area contributed by atoms with Gasteiger partial charge in [-0.1, -0.05) is 18.2 Å². The summed E-state index contributed by atoms with van der Waals surface area (Å²) in [6, 6.07) is 9.32. The maximum atomic E-state index is 12.3. The quantitative estimate of drug-likeness (QED) is 0.932. The van der Waals surface area contributed by atoms with E-state index in [4.69, 9.17) is 4.74 Å². The van der Waals surface area contributed by atoms with Crippen molar-refractivity contribution in [1.29, 1.82) is 0 Å². The van der Waals surface area contributed by atoms with Crippen molar-refractivity contribution in [2.24, 2.45) is 0 Å². The van der Waals surface area contributed by atoms with Gasteiger partial charge >= 0.3 is 6.03 Å². The zero-order valence-corrected chi connectivity index (χ0v) is 13.8. The number of urea groups is 1. The van der Waals surface area contributed by atoms with E-state index < -0.39 is 0 Å². The highest BCUT2D eigenvalue weighted by molar-refractivity contribution is 5.89. The van der Waals surface area contributed by atoms with E-state index in [1.165, 1.54) is 0 Å². The molecular weight excluding hydrogens is 306 g/mol. The van der Waals surface area contributed by atoms with E-state index in [9.17, 15) is 4.79 Å². The lowest BCUT2D eigenvalue weighted by molar-refractivity contribution is 0.189. The maximum absolute atomic E-state index is 12.3. The Morgan fingerprint density at radius 1 is 1.29 bits per heavy atom. The monoisotopic (exact) mass is 327 g/mol. The number of hydrogen-bond acceptors (Lipinski definition) is 5. The number of carbonyl (C=O) groups excluding carboxylic acids is 1. The first-order valence-electron chi connectivity index (χ1n) is 7.89. The predicted molar refractivity (Wildman–Crippen MR) is 92.4 cm³/mol. The molecule has 0 spiro atoms. The number of ether oxygens (including phenoxy) is 1. The SMILES string of the molecule is CN(C)c1cncc(OC2CCN(C(=O)Nc3ccccc3)C2)n1. The molecule has 7 heteroatoms. The van der Waals surface area contributed by atoms with Crippen molar-refractivity contribution < 1.29 is 9.53 Å². The average molecular weight is 327 g/mol. The van der Waals surface area contributed by atoms with Gasteiger partial charge in [-0.15, -0.1) is 0 Å². The highest BCUT2D eigenvalue weighted by Crippen LogP contribution is 2.19. The van der Waals surface area contributed by atoms with E-state index in [1.54, 1.807) is 17.3 Å². The molecule has 1 aromatic heterocycles. The number of nitrogens with zero attached hydrogens (tertiary/aromatic N) is 4. The molecule has 1 unspecified atom stereocenters. The zero-order valence-electron chi connectivity index (χ0n) is 13.8. The lowest BCUT2D eigenvalue weighted by Crippen LogP contribution is -2.34. The summed E-state index contributed by atoms with van der Waals surface area (Å²) in [7, 11) is 3.80. The van der Waals surface area contributed by atoms with Crippen molar-refractivity contribution in [3.8, 4) is 5.88 Å². The third-order valence-electron chi connectivity index (χ3n) is 3.80. The summed E-state index contributed by atoms with van der Waals surface area (Å²) < 4.78 is 5.87. The van der Waals surface area contributed by atoms with E-state index in [-0.39, 0.29) is 12.1 Å². The lowest BCUT2D eigenvalue weighted by atomic mass is 10.3. The summed E-state index contributed by atoms with van der Waals surface area (Å²) >= 11 is 0. The molecule has 2 heterocycles. The standard InChI is InChI=1S/C17H21N5O2/c1-21(2)15-10-18-11-16(20-15)24-14-8-9-22(12-14)17(23)19-13-6-4-3-5-7-13/h3-7,10-11,14H,8-9,12H2,1-2H3,(H,19,23). The summed E-state index contributed by atoms with van der Waals surface area (Å²) in [6.45, 7) is 1.19. The molecule has 0 aliphatic carbocycles. The largest absolute Gasteiger partial charge is 0.471 e. The average Bonchev–Trinajstić information content (AvgIpc) is 3.04. The number of benzene rings is 1. The topological polar surface area (TPSA) is 70.6 Å². The van der Waals surface area contributed by atoms with Gasteiger partial charge in [0.2, 0.25) is 5.88 Å². The van der Waals surface area contributed by atoms with Gasteiger partial charge in [0, 0.05) is 32.7 Å². The van der Waals surface area contributed by atoms with Gasteiger partial charge in [-0.3, -0.25) is 4.98 Å². The van der Waals surface area contributed by atoms with Gasteiger partial charge in [0.25, 0.3) is 0 Å². The number of aromatic nitrogens is 2. The summed E-state index contributed by atoms with van der Waals surface area (Å²) in [5.41, 5.74) is 0.788. The van der Waals surface area contributed by atoms with E-state index >= 15 is 0 Å². The molecule has 0 bridgehead atoms. The van der Waals surface area contributed by atoms with Crippen LogP contribution in [0.25, 0.3) is 0 Å². The van der Waals surface area contributed by atoms with Gasteiger partial charge < -0.3 is 19.9 Å². The molecule has 2 aromatic rings. The summed E-state index contributed by atoms with van der Waals surface area (Å²) in [5, 5.41) is 2.89. The van der Waals surface area contributed by atoms with Crippen LogP contribution in [0.3, 0.4) is 0 Å². The van der Waals surface area contributed by atoms with Crippen LogP contribution in [0.5, 0.6) is 5.88 Å². The minimum absolute atomic E-state index is 0.0711. The van der Waals surface area contributed by atoms with E-state index in [0.717, 1.165) is 17.9 Å². The van der Waals surface area contributed by atoms with Crippen LogP contribution in [0.4, 0.5) is 16.3 Å². The van der Waals surface area contributed by atoms with Crippen molar-refractivity contribution in [2.75, 3.05) is 37.4 Å². The number of hydrogen-bond donors (Lipinski definition) is 1. The fourth-order valence-electron chi connectivity index (χ4n) is 2.51. The highest BCUT2D eigenvalue weighted by Gasteiger charge is 2.28. The molecule has 3 rings (SSSR count). The Morgan fingerprint density at radius 2 is 2.08 bits per heavy atom. The second-order valence-corrected chi connectivity index (χ2v) is 5.88. The van der Waals surface area contributed by atoms with Crippen molar-refractivity contribution in [2.45, 2.75) is 12.5 Å². The van der Waals surface area contributed by atoms with Crippen molar-refractivity contribution in [1.82, 2.24) is 14.9 Å². The molecule has 1 aliphatic rings. The molecule has 0 radical (unpaired) electrons. The van der Waals surface area contributed by atoms with E-state index in [2.05, 4.69) is 15.3 Å². The fourth-order valence-corrected chi connectivity index (χ4v) is 2.51. The number of likely N-dealkylation sites (tertiary alicyclic amines) is 1. The Morgan fingerprint density at radius 3 is 2.83 bits per heavy atom. The van der Waals surface area contributed by atoms with Crippen LogP contribution in [-0.2, 0) is 0 Å². The molecule has 2 amide bonds. The third kappa shape index (κ3) is 3.92. The highest BCUT2D eigenvalue weighted by atomic mass is 16.5. The lowest BCUT2D eigenvalue weighted by Gasteiger charge is -2.18. The maximum Gasteiger partial charge on any atom is 0.321 e. The number of para-hydroxylation sites is 1. The van der Waals surface area contributed by atoms with Crippen LogP contribution < -0.4 is 15.0 Å². The molecule has 1 N–H and O–H groups in total. The second kappa shape index (κ2) is 7.16. The first-order valence-corrected chi connectivity index (χ1v) is 7.89. The van der Waals surface area contributed by atoms with Crippen molar-refractivity contribution >= 4 is 17.5 Å². The molecule has 1 aliphatic heterocycles. The Kier molecular flexibility index (Phi) is 4.79. The molecule has 24 heavy (non-hydrogen) atoms. The molecule has 1 saturated heterocycles. The minimum atomic E-state index is -0.111. The van der Waals surface area contributed by atoms with Gasteiger partial charge in [-0.25, -0.2) is 4.79 Å². The number of carbonyl (C=O) groups is 1. The summed E-state index contributed by atoms with van der Waals surface area (Å²) in [6.07, 6.45) is 3.98. The predicted octanol–water partition coefficient (Wildman–Crippen LogP) is 2.23. The van der Waals surface area contributed by atoms with Crippen LogP contribution in [0.15, 0.2) is 42.7 Å². The van der Waals surface area contributed by atoms with Crippen LogP contribution in [0.2, 0.25) is 0 Å². The van der Waals surface area contributed by atoms with Crippen molar-refractivity contribution in [3.05, 3.63) is 42.7 Å². The second-order valence-electron chi connectivity index (χ2n) is 5.88. The molecule has 1 fully saturated rings. The summed E-state index contributed by atoms with van der Waals surface area (Å²) in [4.78, 5) is 24.4. The Balaban J connectivity index is 1.55. The Bertz CT molecular complexity index is 692. The smallest absolute Gasteiger partial charge is 0.321 e. The van der Waals surface area contributed by atoms with Gasteiger partial charge in [0.15, 0.2) is 5.82 Å². The number of rotatable bonds is 4. The number of amides is 2. The number of nitrogens with one attached hydrogen (secondary N) is 1. The summed E-state index contributed by atoms with van der Waals surface area (Å²) in [5.74, 6) is 1.22. The normalized spacial score (nSPS) is 16.8. The Hall–Kier alpha value is -2.83. The zero-order chi connectivity index (χ0) is 16.9. The van der Waals surface area contributed by atoms with E-state index in [0.29, 0.717) is 19.0 Å². The Labute approximate surface area is 141 Å². The molecule has 1 atom stereocenters. The molecule has 126 valence electrons. The van der Waals surface area contributed by atoms with E-state index in [1.807, 2.05) is 49.3 Å².